The summed E-state index contributed by atoms with van der Waals surface area (Å²) in [6.07, 6.45) is 3.15. The molecular formula is C14H31N3O3S. The summed E-state index contributed by atoms with van der Waals surface area (Å²) in [6, 6.07) is 0. The van der Waals surface area contributed by atoms with Gasteiger partial charge in [0.05, 0.1) is 6.61 Å². The van der Waals surface area contributed by atoms with Gasteiger partial charge in [-0.2, -0.15) is 17.0 Å². The molecule has 0 radical (unpaired) electrons. The van der Waals surface area contributed by atoms with Crippen LogP contribution in [0.15, 0.2) is 0 Å². The molecule has 0 saturated carbocycles. The maximum atomic E-state index is 12.7. The maximum absolute atomic E-state index is 12.7. The van der Waals surface area contributed by atoms with Crippen LogP contribution in [0.3, 0.4) is 0 Å². The van der Waals surface area contributed by atoms with E-state index >= 15 is 0 Å². The lowest BCUT2D eigenvalue weighted by Gasteiger charge is -2.35. The van der Waals surface area contributed by atoms with E-state index in [1.165, 1.54) is 4.31 Å². The van der Waals surface area contributed by atoms with Crippen LogP contribution in [-0.2, 0) is 14.9 Å². The molecule has 126 valence electrons. The summed E-state index contributed by atoms with van der Waals surface area (Å²) in [4.78, 5) is 0. The fourth-order valence-corrected chi connectivity index (χ4v) is 4.40. The van der Waals surface area contributed by atoms with Gasteiger partial charge in [-0.3, -0.25) is 0 Å². The zero-order valence-corrected chi connectivity index (χ0v) is 14.5. The molecule has 6 nitrogen and oxygen atoms in total. The van der Waals surface area contributed by atoms with Gasteiger partial charge in [0.25, 0.3) is 10.2 Å². The second-order valence-electron chi connectivity index (χ2n) is 5.56. The van der Waals surface area contributed by atoms with Crippen LogP contribution in [0, 0.1) is 5.92 Å². The van der Waals surface area contributed by atoms with E-state index in [2.05, 4.69) is 12.2 Å². The third kappa shape index (κ3) is 5.83. The van der Waals surface area contributed by atoms with Crippen molar-refractivity contribution in [3.63, 3.8) is 0 Å². The van der Waals surface area contributed by atoms with E-state index in [9.17, 15) is 8.42 Å². The van der Waals surface area contributed by atoms with Crippen LogP contribution in [0.5, 0.6) is 0 Å². The first-order valence-electron chi connectivity index (χ1n) is 8.01. The van der Waals surface area contributed by atoms with Gasteiger partial charge in [-0.05, 0) is 38.3 Å². The molecule has 1 N–H and O–H groups in total. The largest absolute Gasteiger partial charge is 0.383 e. The Balaban J connectivity index is 2.59. The lowest BCUT2D eigenvalue weighted by Crippen LogP contribution is -2.50. The molecule has 7 heteroatoms. The molecule has 0 aromatic rings. The first-order valence-corrected chi connectivity index (χ1v) is 9.40. The van der Waals surface area contributed by atoms with E-state index in [1.807, 2.05) is 6.92 Å². The van der Waals surface area contributed by atoms with Crippen molar-refractivity contribution in [1.82, 2.24) is 13.9 Å². The maximum Gasteiger partial charge on any atom is 0.282 e. The molecule has 1 unspecified atom stereocenters. The predicted octanol–water partition coefficient (Wildman–Crippen LogP) is 0.911. The van der Waals surface area contributed by atoms with Crippen LogP contribution < -0.4 is 5.32 Å². The minimum atomic E-state index is -3.35. The molecule has 1 aliphatic heterocycles. The number of ether oxygens (including phenoxy) is 1. The first-order chi connectivity index (χ1) is 10.1. The monoisotopic (exact) mass is 321 g/mol. The second kappa shape index (κ2) is 9.74. The Morgan fingerprint density at radius 3 is 2.76 bits per heavy atom. The lowest BCUT2D eigenvalue weighted by atomic mass is 10.00. The van der Waals surface area contributed by atoms with Gasteiger partial charge < -0.3 is 10.1 Å². The number of hydrogen-bond acceptors (Lipinski definition) is 4. The highest BCUT2D eigenvalue weighted by molar-refractivity contribution is 7.86. The molecule has 0 aromatic carbocycles. The van der Waals surface area contributed by atoms with Crippen LogP contribution in [0.2, 0.25) is 0 Å². The van der Waals surface area contributed by atoms with E-state index in [1.54, 1.807) is 11.4 Å². The Kier molecular flexibility index (Phi) is 8.73. The zero-order valence-electron chi connectivity index (χ0n) is 13.7. The molecule has 0 amide bonds. The van der Waals surface area contributed by atoms with Gasteiger partial charge in [0.15, 0.2) is 0 Å². The molecule has 1 rings (SSSR count). The normalized spacial score (nSPS) is 21.0. The Morgan fingerprint density at radius 1 is 1.38 bits per heavy atom. The summed E-state index contributed by atoms with van der Waals surface area (Å²) in [5.74, 6) is 0.418. The van der Waals surface area contributed by atoms with E-state index < -0.39 is 10.2 Å². The van der Waals surface area contributed by atoms with Crippen molar-refractivity contribution in [2.24, 2.45) is 5.92 Å². The van der Waals surface area contributed by atoms with Gasteiger partial charge in [-0.1, -0.05) is 13.8 Å². The molecule has 0 aliphatic carbocycles. The minimum absolute atomic E-state index is 0.418. The fourth-order valence-electron chi connectivity index (χ4n) is 2.68. The zero-order chi connectivity index (χ0) is 15.7. The van der Waals surface area contributed by atoms with Crippen LogP contribution in [-0.4, -0.2) is 70.0 Å². The number of methoxy groups -OCH3 is 1. The molecule has 1 saturated heterocycles. The van der Waals surface area contributed by atoms with Crippen molar-refractivity contribution < 1.29 is 13.2 Å². The van der Waals surface area contributed by atoms with E-state index in [-0.39, 0.29) is 0 Å². The highest BCUT2D eigenvalue weighted by atomic mass is 32.2. The summed E-state index contributed by atoms with van der Waals surface area (Å²) in [5, 5.41) is 3.40. The summed E-state index contributed by atoms with van der Waals surface area (Å²) in [6.45, 7) is 8.52. The second-order valence-corrected chi connectivity index (χ2v) is 7.49. The van der Waals surface area contributed by atoms with Crippen LogP contribution >= 0.6 is 0 Å². The Morgan fingerprint density at radius 2 is 2.14 bits per heavy atom. The third-order valence-corrected chi connectivity index (χ3v) is 5.97. The average Bonchev–Trinajstić information content (AvgIpc) is 2.48. The summed E-state index contributed by atoms with van der Waals surface area (Å²) < 4.78 is 33.5. The van der Waals surface area contributed by atoms with Crippen molar-refractivity contribution in [2.75, 3.05) is 53.0 Å². The van der Waals surface area contributed by atoms with Crippen LogP contribution in [0.25, 0.3) is 0 Å². The third-order valence-electron chi connectivity index (χ3n) is 3.89. The number of rotatable bonds is 10. The first kappa shape index (κ1) is 18.8. The summed E-state index contributed by atoms with van der Waals surface area (Å²) >= 11 is 0. The summed E-state index contributed by atoms with van der Waals surface area (Å²) in [5.41, 5.74) is 0. The lowest BCUT2D eigenvalue weighted by molar-refractivity contribution is 0.173. The fraction of sp³-hybridized carbons (Fsp3) is 1.00. The van der Waals surface area contributed by atoms with Gasteiger partial charge in [0, 0.05) is 33.3 Å². The number of nitrogens with zero attached hydrogens (tertiary/aromatic N) is 2. The van der Waals surface area contributed by atoms with Crippen LogP contribution in [0.4, 0.5) is 0 Å². The highest BCUT2D eigenvalue weighted by Crippen LogP contribution is 2.20. The van der Waals surface area contributed by atoms with Gasteiger partial charge in [0.1, 0.15) is 0 Å². The van der Waals surface area contributed by atoms with E-state index in [4.69, 9.17) is 4.74 Å². The van der Waals surface area contributed by atoms with Gasteiger partial charge in [-0.15, -0.1) is 0 Å². The molecule has 1 fully saturated rings. The number of piperidine rings is 1. The molecule has 1 heterocycles. The molecule has 1 atom stereocenters. The molecule has 0 spiro atoms. The van der Waals surface area contributed by atoms with Crippen molar-refractivity contribution in [3.8, 4) is 0 Å². The minimum Gasteiger partial charge on any atom is -0.383 e. The van der Waals surface area contributed by atoms with Gasteiger partial charge in [0.2, 0.25) is 0 Å². The highest BCUT2D eigenvalue weighted by Gasteiger charge is 2.32. The van der Waals surface area contributed by atoms with Crippen molar-refractivity contribution >= 4 is 10.2 Å². The van der Waals surface area contributed by atoms with E-state index in [0.717, 1.165) is 32.4 Å². The Labute approximate surface area is 130 Å². The number of nitrogens with one attached hydrogen (secondary N) is 1. The number of hydrogen-bond donors (Lipinski definition) is 1. The molecule has 0 aromatic heterocycles. The average molecular weight is 321 g/mol. The SMILES string of the molecule is CCCNCC1CCCN(S(=O)(=O)N(CC)CCOC)C1. The van der Waals surface area contributed by atoms with Crippen molar-refractivity contribution in [1.29, 1.82) is 0 Å². The topological polar surface area (TPSA) is 61.9 Å². The van der Waals surface area contributed by atoms with Gasteiger partial charge >= 0.3 is 0 Å². The molecule has 0 bridgehead atoms. The Bertz CT molecular complexity index is 376. The molecule has 1 aliphatic rings. The van der Waals surface area contributed by atoms with Crippen molar-refractivity contribution in [3.05, 3.63) is 0 Å². The smallest absolute Gasteiger partial charge is 0.282 e. The Hall–Kier alpha value is -0.210. The van der Waals surface area contributed by atoms with Crippen LogP contribution in [0.1, 0.15) is 33.1 Å². The quantitative estimate of drug-likeness (QED) is 0.608. The summed E-state index contributed by atoms with van der Waals surface area (Å²) in [7, 11) is -1.76. The predicted molar refractivity (Wildman–Crippen MR) is 85.5 cm³/mol. The van der Waals surface area contributed by atoms with E-state index in [0.29, 0.717) is 38.7 Å². The van der Waals surface area contributed by atoms with Crippen molar-refractivity contribution in [2.45, 2.75) is 33.1 Å². The number of likely N-dealkylation sites (N-methyl/N-ethyl adjacent to an activating group) is 1. The molecular weight excluding hydrogens is 290 g/mol. The standard InChI is InChI=1S/C14H31N3O3S/c1-4-8-15-12-14-7-6-9-17(13-14)21(18,19)16(5-2)10-11-20-3/h14-15H,4-13H2,1-3H3. The van der Waals surface area contributed by atoms with Gasteiger partial charge in [-0.25, -0.2) is 0 Å². The molecule has 21 heavy (non-hydrogen) atoms.